The molecular weight excluding hydrogens is 477 g/mol. The van der Waals surface area contributed by atoms with Crippen molar-refractivity contribution in [1.29, 1.82) is 0 Å². The lowest BCUT2D eigenvalue weighted by Crippen LogP contribution is -2.53. The Morgan fingerprint density at radius 1 is 1.17 bits per heavy atom. The monoisotopic (exact) mass is 502 g/mol. The summed E-state index contributed by atoms with van der Waals surface area (Å²) in [7, 11) is 1.88. The van der Waals surface area contributed by atoms with E-state index in [1.807, 2.05) is 54.6 Å². The summed E-state index contributed by atoms with van der Waals surface area (Å²) in [5.74, 6) is -2.04. The highest BCUT2D eigenvalue weighted by Gasteiger charge is 2.45. The molecule has 1 fully saturated rings. The smallest absolute Gasteiger partial charge is 0.475 e. The van der Waals surface area contributed by atoms with Crippen LogP contribution >= 0.6 is 0 Å². The van der Waals surface area contributed by atoms with Gasteiger partial charge in [-0.05, 0) is 32.0 Å². The second-order valence-corrected chi connectivity index (χ2v) is 8.97. The number of piperidine rings is 1. The summed E-state index contributed by atoms with van der Waals surface area (Å²) in [5, 5.41) is 7.12. The number of carboxylic acid groups (broad SMARTS) is 1. The Hall–Kier alpha value is -3.73. The van der Waals surface area contributed by atoms with E-state index in [1.165, 1.54) is 5.56 Å². The number of aliphatic carboxylic acids is 1. The van der Waals surface area contributed by atoms with Crippen molar-refractivity contribution in [1.82, 2.24) is 19.8 Å². The summed E-state index contributed by atoms with van der Waals surface area (Å²) in [6.07, 6.45) is 2.12. The Morgan fingerprint density at radius 3 is 2.42 bits per heavy atom. The number of alkyl halides is 3. The maximum absolute atomic E-state index is 12.8. The minimum Gasteiger partial charge on any atom is -0.475 e. The SMILES string of the molecule is CN1CC2(CCN(Cc3ccoc3)CC2)c2nc(-c3ccccc3)ncc2C1=O.O=C(O)C(F)(F)F. The van der Waals surface area contributed by atoms with Crippen molar-refractivity contribution in [3.8, 4) is 11.4 Å². The van der Waals surface area contributed by atoms with E-state index in [0.29, 0.717) is 17.9 Å². The molecule has 0 aliphatic carbocycles. The van der Waals surface area contributed by atoms with Crippen molar-refractivity contribution < 1.29 is 32.3 Å². The fraction of sp³-hybridized carbons (Fsp3) is 0.360. The second kappa shape index (κ2) is 10.1. The van der Waals surface area contributed by atoms with Crippen LogP contribution in [0, 0.1) is 0 Å². The molecule has 0 radical (unpaired) electrons. The Kier molecular flexibility index (Phi) is 7.11. The maximum atomic E-state index is 12.8. The van der Waals surface area contributed by atoms with Crippen LogP contribution in [-0.4, -0.2) is 69.6 Å². The van der Waals surface area contributed by atoms with Gasteiger partial charge in [0.05, 0.1) is 23.8 Å². The molecule has 1 amide bonds. The summed E-state index contributed by atoms with van der Waals surface area (Å²) < 4.78 is 36.9. The van der Waals surface area contributed by atoms with Gasteiger partial charge >= 0.3 is 12.1 Å². The zero-order valence-electron chi connectivity index (χ0n) is 19.5. The fourth-order valence-electron chi connectivity index (χ4n) is 4.65. The predicted molar refractivity (Wildman–Crippen MR) is 123 cm³/mol. The molecule has 2 aliphatic rings. The molecule has 3 aromatic rings. The van der Waals surface area contributed by atoms with Crippen molar-refractivity contribution >= 4 is 11.9 Å². The molecule has 0 saturated carbocycles. The zero-order valence-corrected chi connectivity index (χ0v) is 19.5. The first-order valence-corrected chi connectivity index (χ1v) is 11.3. The standard InChI is InChI=1S/C23H24N4O2.C2HF3O2/c1-26-16-23(8-10-27(11-9-23)14-17-7-12-29-15-17)20-19(22(26)28)13-24-21(25-20)18-5-3-2-4-6-18;3-2(4,5)1(6)7/h2-7,12-13,15H,8-11,14,16H2,1H3;(H,6,7). The number of aromatic nitrogens is 2. The third kappa shape index (κ3) is 5.40. The van der Waals surface area contributed by atoms with Crippen LogP contribution < -0.4 is 0 Å². The lowest BCUT2D eigenvalue weighted by atomic mass is 9.71. The van der Waals surface area contributed by atoms with Crippen molar-refractivity contribution in [2.24, 2.45) is 0 Å². The number of hydrogen-bond acceptors (Lipinski definition) is 6. The molecule has 2 aromatic heterocycles. The molecule has 0 atom stereocenters. The van der Waals surface area contributed by atoms with Crippen LogP contribution in [0.1, 0.15) is 34.5 Å². The van der Waals surface area contributed by atoms with E-state index in [0.717, 1.165) is 43.7 Å². The van der Waals surface area contributed by atoms with E-state index in [-0.39, 0.29) is 11.3 Å². The number of halogens is 3. The molecule has 36 heavy (non-hydrogen) atoms. The van der Waals surface area contributed by atoms with Gasteiger partial charge in [0.1, 0.15) is 0 Å². The average molecular weight is 502 g/mol. The van der Waals surface area contributed by atoms with E-state index >= 15 is 0 Å². The Balaban J connectivity index is 0.000000384. The number of nitrogens with zero attached hydrogens (tertiary/aromatic N) is 4. The van der Waals surface area contributed by atoms with Gasteiger partial charge in [-0.15, -0.1) is 0 Å². The molecule has 1 aromatic carbocycles. The predicted octanol–water partition coefficient (Wildman–Crippen LogP) is 3.99. The van der Waals surface area contributed by atoms with Gasteiger partial charge in [-0.1, -0.05) is 30.3 Å². The summed E-state index contributed by atoms with van der Waals surface area (Å²) in [6, 6.07) is 12.0. The normalized spacial score (nSPS) is 17.3. The number of carbonyl (C=O) groups excluding carboxylic acids is 1. The summed E-state index contributed by atoms with van der Waals surface area (Å²) >= 11 is 0. The van der Waals surface area contributed by atoms with Crippen LogP contribution in [0.4, 0.5) is 13.2 Å². The molecule has 4 heterocycles. The number of amides is 1. The number of likely N-dealkylation sites (N-methyl/N-ethyl adjacent to an activating group) is 1. The number of carboxylic acids is 1. The number of fused-ring (bicyclic) bond motifs is 2. The van der Waals surface area contributed by atoms with Crippen molar-refractivity contribution in [2.75, 3.05) is 26.7 Å². The van der Waals surface area contributed by atoms with Gasteiger partial charge in [0.2, 0.25) is 0 Å². The molecular formula is C25H25F3N4O4. The molecule has 1 spiro atoms. The second-order valence-electron chi connectivity index (χ2n) is 8.97. The fourth-order valence-corrected chi connectivity index (χ4v) is 4.65. The van der Waals surface area contributed by atoms with E-state index in [2.05, 4.69) is 9.88 Å². The van der Waals surface area contributed by atoms with E-state index in [1.54, 1.807) is 12.5 Å². The Bertz CT molecular complexity index is 1210. The Labute approximate surface area is 205 Å². The molecule has 11 heteroatoms. The van der Waals surface area contributed by atoms with Gasteiger partial charge in [0, 0.05) is 42.9 Å². The number of hydrogen-bond donors (Lipinski definition) is 1. The highest BCUT2D eigenvalue weighted by Crippen LogP contribution is 2.41. The van der Waals surface area contributed by atoms with Crippen molar-refractivity contribution in [2.45, 2.75) is 31.0 Å². The van der Waals surface area contributed by atoms with Gasteiger partial charge in [-0.25, -0.2) is 14.8 Å². The first-order chi connectivity index (χ1) is 17.1. The minimum atomic E-state index is -5.08. The van der Waals surface area contributed by atoms with Crippen LogP contribution in [0.2, 0.25) is 0 Å². The van der Waals surface area contributed by atoms with Gasteiger partial charge in [0.25, 0.3) is 5.91 Å². The number of furan rings is 1. The quantitative estimate of drug-likeness (QED) is 0.578. The van der Waals surface area contributed by atoms with E-state index in [9.17, 15) is 18.0 Å². The number of carbonyl (C=O) groups is 2. The first-order valence-electron chi connectivity index (χ1n) is 11.3. The lowest BCUT2D eigenvalue weighted by molar-refractivity contribution is -0.192. The van der Waals surface area contributed by atoms with Gasteiger partial charge in [-0.2, -0.15) is 13.2 Å². The van der Waals surface area contributed by atoms with Crippen LogP contribution in [0.25, 0.3) is 11.4 Å². The molecule has 190 valence electrons. The average Bonchev–Trinajstić information content (AvgIpc) is 3.37. The summed E-state index contributed by atoms with van der Waals surface area (Å²) in [4.78, 5) is 35.4. The summed E-state index contributed by atoms with van der Waals surface area (Å²) in [6.45, 7) is 3.55. The van der Waals surface area contributed by atoms with E-state index in [4.69, 9.17) is 19.3 Å². The molecule has 8 nitrogen and oxygen atoms in total. The first kappa shape index (κ1) is 25.4. The zero-order chi connectivity index (χ0) is 25.9. The maximum Gasteiger partial charge on any atom is 0.490 e. The van der Waals surface area contributed by atoms with Crippen LogP contribution in [-0.2, 0) is 16.8 Å². The minimum absolute atomic E-state index is 0.0195. The van der Waals surface area contributed by atoms with Crippen molar-refractivity contribution in [3.05, 3.63) is 71.9 Å². The van der Waals surface area contributed by atoms with Gasteiger partial charge < -0.3 is 14.4 Å². The van der Waals surface area contributed by atoms with Crippen LogP contribution in [0.3, 0.4) is 0 Å². The number of rotatable bonds is 3. The largest absolute Gasteiger partial charge is 0.490 e. The highest BCUT2D eigenvalue weighted by atomic mass is 19.4. The molecule has 2 aliphatic heterocycles. The molecule has 1 N–H and O–H groups in total. The van der Waals surface area contributed by atoms with Gasteiger partial charge in [0.15, 0.2) is 5.82 Å². The van der Waals surface area contributed by atoms with Gasteiger partial charge in [-0.3, -0.25) is 9.69 Å². The topological polar surface area (TPSA) is 99.8 Å². The lowest BCUT2D eigenvalue weighted by Gasteiger charge is -2.46. The molecule has 0 bridgehead atoms. The molecule has 1 saturated heterocycles. The Morgan fingerprint density at radius 2 is 1.83 bits per heavy atom. The van der Waals surface area contributed by atoms with Crippen molar-refractivity contribution in [3.63, 3.8) is 0 Å². The third-order valence-electron chi connectivity index (χ3n) is 6.48. The molecule has 5 rings (SSSR count). The summed E-state index contributed by atoms with van der Waals surface area (Å²) in [5.41, 5.74) is 3.65. The highest BCUT2D eigenvalue weighted by molar-refractivity contribution is 5.96. The molecule has 0 unspecified atom stereocenters. The van der Waals surface area contributed by atoms with E-state index < -0.39 is 12.1 Å². The third-order valence-corrected chi connectivity index (χ3v) is 6.48. The number of benzene rings is 1. The van der Waals surface area contributed by atoms with Crippen LogP contribution in [0.5, 0.6) is 0 Å². The van der Waals surface area contributed by atoms with Crippen LogP contribution in [0.15, 0.2) is 59.5 Å². The number of likely N-dealkylation sites (tertiary alicyclic amines) is 1.